The first kappa shape index (κ1) is 105. The molecule has 0 saturated carbocycles. The van der Waals surface area contributed by atoms with E-state index in [0.29, 0.717) is 67.0 Å². The van der Waals surface area contributed by atoms with Gasteiger partial charge in [0.25, 0.3) is 0 Å². The molecule has 4 aromatic heterocycles. The molecule has 3 atom stereocenters. The smallest absolute Gasteiger partial charge is 0.870 e. The van der Waals surface area contributed by atoms with Gasteiger partial charge in [-0.1, -0.05) is 0 Å². The summed E-state index contributed by atoms with van der Waals surface area (Å²) in [6.45, 7) is 0. The van der Waals surface area contributed by atoms with Gasteiger partial charge in [0.1, 0.15) is 12.3 Å². The van der Waals surface area contributed by atoms with Gasteiger partial charge in [-0.25, -0.2) is 8.78 Å². The van der Waals surface area contributed by atoms with E-state index in [1.54, 1.807) is 223 Å². The third-order valence-electron chi connectivity index (χ3n) is 13.0. The van der Waals surface area contributed by atoms with E-state index < -0.39 is 30.4 Å². The second kappa shape index (κ2) is 61.4. The standard InChI is InChI=1S/C15H17FO4S.C15H18O5S.C15H16O5S.C14H15FO4S.Li.2H2O.S23/c3*1-18-11-6-9-7-14(10(16)4-5-15(17)20-3)21-13(9)8-12(11)19-2;1-18-10-5-8-6-13(9(15)3-4-14(16)17)20-12(8)7-11(10)19-2;;;;1-3-5-7-9-11-13-15-17-19-21-23-22-20-18-16-14-12-10-8-6-4-2/h6-8,10H,4-5H2,1-3H3;6-8,10,16H,4-5H2,1-3H3;6-8H,4-5H2,1-3H3;5-7,9H,3-4H2,1-2H3,(H,16,17);;2*1H2;/q;;;;+1;;;/p-1. The summed E-state index contributed by atoms with van der Waals surface area (Å²) in [5, 5.41) is 22.4. The zero-order chi connectivity index (χ0) is 77.8. The Kier molecular flexibility index (Phi) is 59.2. The maximum atomic E-state index is 14.2. The zero-order valence-corrected chi connectivity index (χ0v) is 81.0. The normalized spacial score (nSPS) is 10.6. The molecular weight excluding hydrogens is 1940 g/mol. The third kappa shape index (κ3) is 38.8. The molecule has 8 aromatic rings. The molecule has 0 aliphatic carbocycles. The number of ketones is 1. The summed E-state index contributed by atoms with van der Waals surface area (Å²) in [4.78, 5) is 58.4. The van der Waals surface area contributed by atoms with Crippen molar-refractivity contribution in [3.63, 3.8) is 0 Å². The summed E-state index contributed by atoms with van der Waals surface area (Å²) in [6.07, 6.45) is -2.36. The van der Waals surface area contributed by atoms with E-state index in [1.165, 1.54) is 84.4 Å². The maximum Gasteiger partial charge on any atom is 1.00 e. The van der Waals surface area contributed by atoms with E-state index >= 15 is 0 Å². The molecule has 0 bridgehead atoms. The molecule has 0 amide bonds. The van der Waals surface area contributed by atoms with Gasteiger partial charge in [-0.2, -0.15) is 0 Å². The van der Waals surface area contributed by atoms with E-state index in [4.69, 9.17) is 65.4 Å². The van der Waals surface area contributed by atoms with Crippen LogP contribution in [0.4, 0.5) is 8.78 Å². The fourth-order valence-electron chi connectivity index (χ4n) is 8.17. The topological polar surface area (TPSA) is 289 Å². The number of carbonyl (C=O) groups excluding carboxylic acids is 4. The van der Waals surface area contributed by atoms with Gasteiger partial charge in [0.15, 0.2) is 51.8 Å². The number of thiophene rings is 4. The number of carbonyl (C=O) groups is 5. The molecule has 3 unspecified atom stereocenters. The SMILES string of the molecule is COC(=O)CCC(=O)c1cc2cc(OC)c(OC)cc2s1.COC(=O)CCC(F)c1cc2cc(OC)c(OC)cc2s1.COC(=O)CCC(O)c1cc2cc(OC)c(OC)cc2s1.COc1cc2cc(C(F)CCC(=O)O)sc2cc1OC.O.S=S=S=S=S=S=S=S=S=S=S=S=S=S=S=S=S=S=S=S=S=S=S.[Li+].[OH-]. The van der Waals surface area contributed by atoms with Crippen LogP contribution in [0.3, 0.4) is 0 Å². The Morgan fingerprint density at radius 3 is 0.927 bits per heavy atom. The largest absolute Gasteiger partial charge is 1.00 e. The summed E-state index contributed by atoms with van der Waals surface area (Å²) < 4.78 is 87.4. The van der Waals surface area contributed by atoms with Crippen molar-refractivity contribution in [1.82, 2.24) is 0 Å². The molecule has 0 aliphatic rings. The molecule has 0 saturated heterocycles. The minimum Gasteiger partial charge on any atom is -0.870 e. The molecule has 0 aliphatic heterocycles. The predicted molar refractivity (Wildman–Crippen MR) is 492 cm³/mol. The van der Waals surface area contributed by atoms with Crippen LogP contribution in [0, 0.1) is 0 Å². The number of halogens is 2. The molecule has 0 spiro atoms. The van der Waals surface area contributed by atoms with Gasteiger partial charge >= 0.3 is 42.7 Å². The van der Waals surface area contributed by atoms with Gasteiger partial charge < -0.3 is 73.3 Å². The number of aliphatic hydroxyl groups is 1. The Hall–Kier alpha value is -1.93. The Morgan fingerprint density at radius 1 is 0.367 bits per heavy atom. The van der Waals surface area contributed by atoms with E-state index in [-0.39, 0.29) is 92.5 Å². The van der Waals surface area contributed by atoms with Crippen molar-refractivity contribution in [2.75, 3.05) is 78.2 Å². The van der Waals surface area contributed by atoms with Gasteiger partial charge in [0, 0.05) is 292 Å². The predicted octanol–water partition coefficient (Wildman–Crippen LogP) is 9.58. The molecule has 0 fully saturated rings. The van der Waals surface area contributed by atoms with Crippen molar-refractivity contribution < 1.29 is 125 Å². The summed E-state index contributed by atoms with van der Waals surface area (Å²) >= 11 is 15.0. The second-order valence-electron chi connectivity index (χ2n) is 19.1. The van der Waals surface area contributed by atoms with Gasteiger partial charge in [0.05, 0.1) is 95.6 Å². The van der Waals surface area contributed by atoms with Gasteiger partial charge in [-0.05, 0) is 89.3 Å². The fraction of sp³-hybridized carbons (Fsp3) is 0.373. The van der Waals surface area contributed by atoms with Crippen molar-refractivity contribution in [2.24, 2.45) is 0 Å². The van der Waals surface area contributed by atoms with Gasteiger partial charge in [-0.3, -0.25) is 24.0 Å². The number of methoxy groups -OCH3 is 11. The number of hydrogen-bond acceptors (Lipinski definition) is 24. The molecule has 4 aromatic carbocycles. The van der Waals surface area contributed by atoms with Crippen LogP contribution < -0.4 is 56.8 Å². The number of carboxylic acid groups (broad SMARTS) is 1. The summed E-state index contributed by atoms with van der Waals surface area (Å²) in [5.74, 6) is 2.80. The van der Waals surface area contributed by atoms with E-state index in [1.807, 2.05) is 75.2 Å². The van der Waals surface area contributed by atoms with Crippen LogP contribution in [0.25, 0.3) is 40.3 Å². The van der Waals surface area contributed by atoms with Crippen LogP contribution in [-0.2, 0) is 242 Å². The van der Waals surface area contributed by atoms with Crippen molar-refractivity contribution >= 4 is 324 Å². The van der Waals surface area contributed by atoms with Crippen LogP contribution >= 0.6 is 45.3 Å². The number of alkyl halides is 2. The Labute approximate surface area is 725 Å². The number of esters is 3. The minimum absolute atomic E-state index is 0. The summed E-state index contributed by atoms with van der Waals surface area (Å²) in [5.41, 5.74) is 0. The molecular formula is C59H69F2LiO20S27. The molecule has 50 heteroatoms. The van der Waals surface area contributed by atoms with Crippen molar-refractivity contribution in [2.45, 2.75) is 69.8 Å². The molecule has 8 rings (SSSR count). The van der Waals surface area contributed by atoms with Gasteiger partial charge in [0.2, 0.25) is 0 Å². The third-order valence-corrected chi connectivity index (χ3v) is 62.1. The Bertz CT molecular complexity index is 5030. The zero-order valence-electron chi connectivity index (χ0n) is 59.0. The Balaban J connectivity index is 0.000000677. The fourth-order valence-corrected chi connectivity index (χ4v) is 64.6. The first-order valence-electron chi connectivity index (χ1n) is 29.0. The van der Waals surface area contributed by atoms with Crippen molar-refractivity contribution in [1.29, 1.82) is 0 Å². The van der Waals surface area contributed by atoms with Crippen molar-refractivity contribution in [3.05, 3.63) is 92.3 Å². The van der Waals surface area contributed by atoms with Gasteiger partial charge in [-0.15, -0.1) is 45.3 Å². The molecule has 0 radical (unpaired) electrons. The number of benzene rings is 4. The summed E-state index contributed by atoms with van der Waals surface area (Å²) in [6, 6.07) is 21.9. The van der Waals surface area contributed by atoms with Crippen LogP contribution in [0.5, 0.6) is 46.0 Å². The van der Waals surface area contributed by atoms with Crippen LogP contribution in [0.15, 0.2) is 72.8 Å². The first-order chi connectivity index (χ1) is 51.2. The minimum atomic E-state index is -1.26. The van der Waals surface area contributed by atoms with E-state index in [0.717, 1.165) is 45.2 Å². The number of ether oxygens (including phenoxy) is 11. The van der Waals surface area contributed by atoms with E-state index in [9.17, 15) is 37.9 Å². The summed E-state index contributed by atoms with van der Waals surface area (Å²) in [7, 11) is 52.8. The average Bonchev–Trinajstić information content (AvgIpc) is 1.69. The second-order valence-corrected chi connectivity index (χ2v) is 60.7. The number of carboxylic acids is 1. The van der Waals surface area contributed by atoms with Crippen LogP contribution in [0.2, 0.25) is 0 Å². The molecule has 20 nitrogen and oxygen atoms in total. The maximum absolute atomic E-state index is 14.2. The first-order valence-corrected chi connectivity index (χ1v) is 61.6. The van der Waals surface area contributed by atoms with Crippen LogP contribution in [-0.4, -0.2) is 129 Å². The number of aliphatic carboxylic acids is 1. The van der Waals surface area contributed by atoms with E-state index in [2.05, 4.69) is 14.2 Å². The quantitative estimate of drug-likeness (QED) is 0.0246. The average molecular weight is 2010 g/mol. The number of Topliss-reactive ketones (excluding diaryl/α,β-unsaturated/α-hetero) is 1. The molecule has 602 valence electrons. The molecule has 4 heterocycles. The molecule has 5 N–H and O–H groups in total. The monoisotopic (exact) mass is 2010 g/mol. The van der Waals surface area contributed by atoms with Crippen molar-refractivity contribution in [3.8, 4) is 46.0 Å². The van der Waals surface area contributed by atoms with Crippen LogP contribution in [0.1, 0.15) is 94.1 Å². The number of fused-ring (bicyclic) bond motifs is 4. The number of hydrogen-bond donors (Lipinski definition) is 2. The molecule has 109 heavy (non-hydrogen) atoms. The number of aliphatic hydroxyl groups excluding tert-OH is 1. The number of rotatable bonds is 24. The Morgan fingerprint density at radius 2 is 0.624 bits per heavy atom.